The van der Waals surface area contributed by atoms with E-state index in [0.29, 0.717) is 55.4 Å². The molecule has 0 spiro atoms. The predicted molar refractivity (Wildman–Crippen MR) is 90.6 cm³/mol. The minimum Gasteiger partial charge on any atom is -0.444 e. The molecule has 0 radical (unpaired) electrons. The van der Waals surface area contributed by atoms with E-state index in [1.807, 2.05) is 0 Å². The number of carbonyl (C=O) groups is 1. The van der Waals surface area contributed by atoms with Gasteiger partial charge in [0, 0.05) is 38.3 Å². The van der Waals surface area contributed by atoms with Crippen LogP contribution in [0.3, 0.4) is 0 Å². The van der Waals surface area contributed by atoms with Crippen molar-refractivity contribution in [2.45, 2.75) is 32.6 Å². The summed E-state index contributed by atoms with van der Waals surface area (Å²) in [6, 6.07) is 5.93. The van der Waals surface area contributed by atoms with Crippen LogP contribution in [0, 0.1) is 12.7 Å². The number of hydrogen-bond acceptors (Lipinski definition) is 6. The Hall–Kier alpha value is -3.03. The Balaban J connectivity index is 1.38. The van der Waals surface area contributed by atoms with Gasteiger partial charge in [-0.05, 0) is 30.7 Å². The molecular weight excluding hydrogens is 339 g/mol. The summed E-state index contributed by atoms with van der Waals surface area (Å²) in [4.78, 5) is 20.3. The first-order valence-electron chi connectivity index (χ1n) is 8.36. The minimum absolute atomic E-state index is 0.0348. The molecule has 0 saturated heterocycles. The third-order valence-electron chi connectivity index (χ3n) is 3.72. The molecule has 7 nitrogen and oxygen atoms in total. The average Bonchev–Trinajstić information content (AvgIpc) is 3.25. The highest BCUT2D eigenvalue weighted by atomic mass is 19.1. The lowest BCUT2D eigenvalue weighted by molar-refractivity contribution is -0.121. The van der Waals surface area contributed by atoms with Crippen LogP contribution in [-0.4, -0.2) is 27.6 Å². The van der Waals surface area contributed by atoms with Gasteiger partial charge in [-0.1, -0.05) is 5.16 Å². The standard InChI is InChI=1S/C18H19FN4O3/c1-12-21-16(23-26-12)3-2-4-17(24)20-10-9-15-11-25-18(22-15)13-5-7-14(19)8-6-13/h5-8,11H,2-4,9-10H2,1H3,(H,20,24). The zero-order valence-electron chi connectivity index (χ0n) is 14.4. The van der Waals surface area contributed by atoms with Crippen molar-refractivity contribution in [3.8, 4) is 11.5 Å². The molecule has 8 heteroatoms. The Morgan fingerprint density at radius 3 is 2.73 bits per heavy atom. The summed E-state index contributed by atoms with van der Waals surface area (Å²) in [5, 5.41) is 6.63. The van der Waals surface area contributed by atoms with Crippen LogP contribution in [0.1, 0.15) is 30.3 Å². The number of benzene rings is 1. The number of aryl methyl sites for hydroxylation is 2. The summed E-state index contributed by atoms with van der Waals surface area (Å²) in [6.07, 6.45) is 3.76. The highest BCUT2D eigenvalue weighted by Crippen LogP contribution is 2.18. The van der Waals surface area contributed by atoms with Crippen LogP contribution < -0.4 is 5.32 Å². The molecular formula is C18H19FN4O3. The maximum absolute atomic E-state index is 12.9. The second-order valence-electron chi connectivity index (χ2n) is 5.83. The molecule has 0 aliphatic rings. The smallest absolute Gasteiger partial charge is 0.226 e. The van der Waals surface area contributed by atoms with Gasteiger partial charge in [0.1, 0.15) is 12.1 Å². The number of nitrogens with one attached hydrogen (secondary N) is 1. The Labute approximate surface area is 149 Å². The van der Waals surface area contributed by atoms with E-state index in [9.17, 15) is 9.18 Å². The summed E-state index contributed by atoms with van der Waals surface area (Å²) in [5.41, 5.74) is 1.44. The second-order valence-corrected chi connectivity index (χ2v) is 5.83. The fraction of sp³-hybridized carbons (Fsp3) is 0.333. The normalized spacial score (nSPS) is 10.8. The fourth-order valence-corrected chi connectivity index (χ4v) is 2.42. The van der Waals surface area contributed by atoms with Crippen molar-refractivity contribution in [1.82, 2.24) is 20.4 Å². The number of amides is 1. The van der Waals surface area contributed by atoms with E-state index in [0.717, 1.165) is 5.69 Å². The first kappa shape index (κ1) is 17.8. The average molecular weight is 358 g/mol. The Kier molecular flexibility index (Phi) is 5.73. The van der Waals surface area contributed by atoms with Gasteiger partial charge in [-0.15, -0.1) is 0 Å². The molecule has 1 N–H and O–H groups in total. The molecule has 1 amide bonds. The quantitative estimate of drug-likeness (QED) is 0.665. The van der Waals surface area contributed by atoms with Gasteiger partial charge < -0.3 is 14.3 Å². The van der Waals surface area contributed by atoms with E-state index >= 15 is 0 Å². The lowest BCUT2D eigenvalue weighted by Gasteiger charge is -2.02. The summed E-state index contributed by atoms with van der Waals surface area (Å²) < 4.78 is 23.2. The number of halogens is 1. The molecule has 0 fully saturated rings. The number of aromatic nitrogens is 3. The number of oxazole rings is 1. The molecule has 0 aliphatic carbocycles. The van der Waals surface area contributed by atoms with Crippen molar-refractivity contribution in [2.24, 2.45) is 0 Å². The minimum atomic E-state index is -0.308. The van der Waals surface area contributed by atoms with E-state index in [1.54, 1.807) is 25.3 Å². The highest BCUT2D eigenvalue weighted by molar-refractivity contribution is 5.75. The van der Waals surface area contributed by atoms with Gasteiger partial charge in [-0.2, -0.15) is 4.98 Å². The molecule has 2 aromatic heterocycles. The maximum Gasteiger partial charge on any atom is 0.226 e. The Bertz CT molecular complexity index is 857. The summed E-state index contributed by atoms with van der Waals surface area (Å²) in [7, 11) is 0. The van der Waals surface area contributed by atoms with E-state index in [2.05, 4.69) is 20.4 Å². The molecule has 1 aromatic carbocycles. The molecule has 3 rings (SSSR count). The zero-order chi connectivity index (χ0) is 18.4. The van der Waals surface area contributed by atoms with Crippen LogP contribution in [0.5, 0.6) is 0 Å². The SMILES string of the molecule is Cc1nc(CCCC(=O)NCCc2coc(-c3ccc(F)cc3)n2)no1. The number of nitrogens with zero attached hydrogens (tertiary/aromatic N) is 3. The Morgan fingerprint density at radius 1 is 1.19 bits per heavy atom. The van der Waals surface area contributed by atoms with Crippen molar-refractivity contribution < 1.29 is 18.1 Å². The molecule has 2 heterocycles. The van der Waals surface area contributed by atoms with Crippen molar-refractivity contribution >= 4 is 5.91 Å². The first-order valence-corrected chi connectivity index (χ1v) is 8.36. The van der Waals surface area contributed by atoms with Gasteiger partial charge >= 0.3 is 0 Å². The third kappa shape index (κ3) is 4.98. The van der Waals surface area contributed by atoms with E-state index in [-0.39, 0.29) is 11.7 Å². The van der Waals surface area contributed by atoms with Crippen LogP contribution in [0.2, 0.25) is 0 Å². The Morgan fingerprint density at radius 2 is 2.00 bits per heavy atom. The van der Waals surface area contributed by atoms with Crippen LogP contribution in [0.15, 0.2) is 39.5 Å². The predicted octanol–water partition coefficient (Wildman–Crippen LogP) is 2.85. The molecule has 3 aromatic rings. The summed E-state index contributed by atoms with van der Waals surface area (Å²) >= 11 is 0. The molecule has 0 atom stereocenters. The molecule has 0 saturated carbocycles. The van der Waals surface area contributed by atoms with Gasteiger partial charge in [0.05, 0.1) is 5.69 Å². The molecule has 0 aliphatic heterocycles. The van der Waals surface area contributed by atoms with Crippen molar-refractivity contribution in [3.05, 3.63) is 53.8 Å². The van der Waals surface area contributed by atoms with Gasteiger partial charge in [0.2, 0.25) is 17.7 Å². The van der Waals surface area contributed by atoms with Crippen LogP contribution in [0.25, 0.3) is 11.5 Å². The summed E-state index contributed by atoms with van der Waals surface area (Å²) in [6.45, 7) is 2.20. The largest absolute Gasteiger partial charge is 0.444 e. The molecule has 0 unspecified atom stereocenters. The van der Waals surface area contributed by atoms with Gasteiger partial charge in [-0.3, -0.25) is 4.79 Å². The number of hydrogen-bond donors (Lipinski definition) is 1. The van der Waals surface area contributed by atoms with Crippen LogP contribution in [-0.2, 0) is 17.6 Å². The van der Waals surface area contributed by atoms with Crippen LogP contribution in [0.4, 0.5) is 4.39 Å². The third-order valence-corrected chi connectivity index (χ3v) is 3.72. The molecule has 0 bridgehead atoms. The van der Waals surface area contributed by atoms with E-state index in [4.69, 9.17) is 8.94 Å². The lowest BCUT2D eigenvalue weighted by Crippen LogP contribution is -2.25. The van der Waals surface area contributed by atoms with E-state index in [1.165, 1.54) is 12.1 Å². The first-order chi connectivity index (χ1) is 12.6. The fourth-order valence-electron chi connectivity index (χ4n) is 2.42. The van der Waals surface area contributed by atoms with Crippen molar-refractivity contribution in [2.75, 3.05) is 6.54 Å². The number of rotatable bonds is 8. The van der Waals surface area contributed by atoms with E-state index < -0.39 is 0 Å². The van der Waals surface area contributed by atoms with Crippen LogP contribution >= 0.6 is 0 Å². The van der Waals surface area contributed by atoms with Crippen molar-refractivity contribution in [1.29, 1.82) is 0 Å². The molecule has 26 heavy (non-hydrogen) atoms. The lowest BCUT2D eigenvalue weighted by atomic mass is 10.2. The topological polar surface area (TPSA) is 94.1 Å². The van der Waals surface area contributed by atoms with Gasteiger partial charge in [-0.25, -0.2) is 9.37 Å². The maximum atomic E-state index is 12.9. The monoisotopic (exact) mass is 358 g/mol. The van der Waals surface area contributed by atoms with Gasteiger partial charge in [0.25, 0.3) is 0 Å². The molecule has 136 valence electrons. The van der Waals surface area contributed by atoms with Crippen molar-refractivity contribution in [3.63, 3.8) is 0 Å². The summed E-state index contributed by atoms with van der Waals surface area (Å²) in [5.74, 6) is 1.23. The second kappa shape index (κ2) is 8.37. The highest BCUT2D eigenvalue weighted by Gasteiger charge is 2.08. The zero-order valence-corrected chi connectivity index (χ0v) is 14.4. The van der Waals surface area contributed by atoms with Gasteiger partial charge in [0.15, 0.2) is 5.82 Å². The number of carbonyl (C=O) groups excluding carboxylic acids is 1.